The summed E-state index contributed by atoms with van der Waals surface area (Å²) in [5, 5.41) is 12.3. The third-order valence-electron chi connectivity index (χ3n) is 4.04. The van der Waals surface area contributed by atoms with Gasteiger partial charge in [-0.3, -0.25) is 4.79 Å². The molecule has 0 fully saturated rings. The summed E-state index contributed by atoms with van der Waals surface area (Å²) in [5.74, 6) is 0.596. The van der Waals surface area contributed by atoms with Crippen molar-refractivity contribution in [2.24, 2.45) is 5.10 Å². The maximum atomic E-state index is 11.2. The van der Waals surface area contributed by atoms with Crippen molar-refractivity contribution in [3.05, 3.63) is 59.4 Å². The number of ether oxygens (including phenoxy) is 2. The first-order valence-corrected chi connectivity index (χ1v) is 8.82. The zero-order valence-electron chi connectivity index (χ0n) is 16.0. The van der Waals surface area contributed by atoms with Crippen LogP contribution in [0.15, 0.2) is 47.6 Å². The van der Waals surface area contributed by atoms with Crippen molar-refractivity contribution >= 4 is 23.2 Å². The molecule has 0 saturated carbocycles. The molecule has 0 radical (unpaired) electrons. The Balaban J connectivity index is 1.71. The van der Waals surface area contributed by atoms with Crippen LogP contribution in [0.3, 0.4) is 0 Å². The number of nitriles is 1. The number of methoxy groups -OCH3 is 1. The Bertz CT molecular complexity index is 1110. The van der Waals surface area contributed by atoms with Gasteiger partial charge in [0.05, 0.1) is 41.8 Å². The highest BCUT2D eigenvalue weighted by Crippen LogP contribution is 2.28. The van der Waals surface area contributed by atoms with Crippen molar-refractivity contribution in [1.82, 2.24) is 15.4 Å². The number of benzene rings is 2. The van der Waals surface area contributed by atoms with Crippen LogP contribution < -0.4 is 14.9 Å². The van der Waals surface area contributed by atoms with E-state index in [-0.39, 0.29) is 13.0 Å². The first-order chi connectivity index (χ1) is 14.1. The lowest BCUT2D eigenvalue weighted by atomic mass is 10.2. The van der Waals surface area contributed by atoms with Gasteiger partial charge in [-0.25, -0.2) is 15.4 Å². The van der Waals surface area contributed by atoms with Gasteiger partial charge in [0.2, 0.25) is 0 Å². The fourth-order valence-corrected chi connectivity index (χ4v) is 2.58. The summed E-state index contributed by atoms with van der Waals surface area (Å²) in [7, 11) is 1.54. The van der Waals surface area contributed by atoms with E-state index in [9.17, 15) is 4.79 Å². The monoisotopic (exact) mass is 389 g/mol. The Morgan fingerprint density at radius 3 is 2.69 bits per heavy atom. The van der Waals surface area contributed by atoms with E-state index in [1.807, 2.05) is 31.2 Å². The summed E-state index contributed by atoms with van der Waals surface area (Å²) in [6.07, 6.45) is 1.21. The molecule has 0 aliphatic heterocycles. The lowest BCUT2D eigenvalue weighted by Gasteiger charge is -2.12. The number of para-hydroxylation sites is 2. The minimum absolute atomic E-state index is 0.246. The fourth-order valence-electron chi connectivity index (χ4n) is 2.58. The van der Waals surface area contributed by atoms with Gasteiger partial charge in [0.1, 0.15) is 13.0 Å². The summed E-state index contributed by atoms with van der Waals surface area (Å²) >= 11 is 0. The Hall–Kier alpha value is -3.99. The second kappa shape index (κ2) is 9.28. The van der Waals surface area contributed by atoms with Crippen LogP contribution in [0.2, 0.25) is 0 Å². The van der Waals surface area contributed by atoms with Crippen molar-refractivity contribution in [2.45, 2.75) is 20.0 Å². The smallest absolute Gasteiger partial charge is 0.254 e. The van der Waals surface area contributed by atoms with Crippen LogP contribution in [0.1, 0.15) is 23.4 Å². The highest BCUT2D eigenvalue weighted by atomic mass is 16.5. The van der Waals surface area contributed by atoms with Crippen molar-refractivity contribution in [2.75, 3.05) is 7.11 Å². The topological polar surface area (TPSA) is 109 Å². The predicted octanol–water partition coefficient (Wildman–Crippen LogP) is 2.89. The largest absolute Gasteiger partial charge is 0.493 e. The number of carbonyl (C=O) groups is 1. The second-order valence-corrected chi connectivity index (χ2v) is 6.07. The van der Waals surface area contributed by atoms with E-state index in [0.29, 0.717) is 17.1 Å². The van der Waals surface area contributed by atoms with Crippen LogP contribution >= 0.6 is 0 Å². The van der Waals surface area contributed by atoms with Gasteiger partial charge in [0, 0.05) is 0 Å². The minimum atomic E-state index is -0.470. The third kappa shape index (κ3) is 5.05. The number of aromatic nitrogens is 2. The number of nitrogens with zero attached hydrogens (tertiary/aromatic N) is 4. The number of amides is 1. The molecule has 8 heteroatoms. The SMILES string of the molecule is COc1cc(/C=N\NC(=O)CC#N)ccc1OCc1nc2ccccc2nc1C. The quantitative estimate of drug-likeness (QED) is 0.491. The summed E-state index contributed by atoms with van der Waals surface area (Å²) < 4.78 is 11.3. The average Bonchev–Trinajstić information content (AvgIpc) is 2.72. The van der Waals surface area contributed by atoms with Crippen molar-refractivity contribution in [3.63, 3.8) is 0 Å². The number of nitrogens with one attached hydrogen (secondary N) is 1. The standard InChI is InChI=1S/C21H19N5O3/c1-14-18(25-17-6-4-3-5-16(17)24-14)13-29-19-8-7-15(11-20(19)28-2)12-23-26-21(27)9-10-22/h3-8,11-12H,9,13H2,1-2H3,(H,26,27)/b23-12-. The summed E-state index contributed by atoms with van der Waals surface area (Å²) in [4.78, 5) is 20.4. The van der Waals surface area contributed by atoms with Crippen molar-refractivity contribution in [3.8, 4) is 17.6 Å². The van der Waals surface area contributed by atoms with Gasteiger partial charge in [-0.1, -0.05) is 12.1 Å². The highest BCUT2D eigenvalue weighted by molar-refractivity contribution is 5.83. The lowest BCUT2D eigenvalue weighted by Crippen LogP contribution is -2.16. The molecule has 3 aromatic rings. The Kier molecular flexibility index (Phi) is 6.32. The van der Waals surface area contributed by atoms with Crippen LogP contribution in [-0.4, -0.2) is 29.2 Å². The molecular formula is C21H19N5O3. The molecule has 0 spiro atoms. The van der Waals surface area contributed by atoms with Crippen molar-refractivity contribution in [1.29, 1.82) is 5.26 Å². The van der Waals surface area contributed by atoms with Crippen LogP contribution in [-0.2, 0) is 11.4 Å². The molecule has 0 aliphatic carbocycles. The van der Waals surface area contributed by atoms with E-state index >= 15 is 0 Å². The molecule has 146 valence electrons. The van der Waals surface area contributed by atoms with E-state index < -0.39 is 5.91 Å². The van der Waals surface area contributed by atoms with Crippen LogP contribution in [0, 0.1) is 18.3 Å². The maximum Gasteiger partial charge on any atom is 0.254 e. The molecule has 0 atom stereocenters. The van der Waals surface area contributed by atoms with Gasteiger partial charge < -0.3 is 9.47 Å². The number of hydrazone groups is 1. The predicted molar refractivity (Wildman–Crippen MR) is 108 cm³/mol. The van der Waals surface area contributed by atoms with E-state index in [4.69, 9.17) is 14.7 Å². The second-order valence-electron chi connectivity index (χ2n) is 6.07. The highest BCUT2D eigenvalue weighted by Gasteiger charge is 2.09. The Labute approximate surface area is 167 Å². The zero-order chi connectivity index (χ0) is 20.6. The van der Waals surface area contributed by atoms with E-state index in [1.165, 1.54) is 6.21 Å². The van der Waals surface area contributed by atoms with Crippen LogP contribution in [0.4, 0.5) is 0 Å². The number of hydrogen-bond donors (Lipinski definition) is 1. The van der Waals surface area contributed by atoms with Gasteiger partial charge >= 0.3 is 0 Å². The van der Waals surface area contributed by atoms with Gasteiger partial charge in [-0.2, -0.15) is 10.4 Å². The van der Waals surface area contributed by atoms with Gasteiger partial charge in [-0.05, 0) is 42.8 Å². The summed E-state index contributed by atoms with van der Waals surface area (Å²) in [6, 6.07) is 14.7. The number of rotatable bonds is 7. The first-order valence-electron chi connectivity index (χ1n) is 8.82. The van der Waals surface area contributed by atoms with Gasteiger partial charge in [0.25, 0.3) is 5.91 Å². The lowest BCUT2D eigenvalue weighted by molar-refractivity contribution is -0.120. The Morgan fingerprint density at radius 1 is 1.21 bits per heavy atom. The molecule has 0 aliphatic rings. The molecule has 1 N–H and O–H groups in total. The zero-order valence-corrected chi connectivity index (χ0v) is 16.0. The molecule has 0 bridgehead atoms. The molecule has 1 heterocycles. The van der Waals surface area contributed by atoms with Gasteiger partial charge in [-0.15, -0.1) is 0 Å². The average molecular weight is 389 g/mol. The van der Waals surface area contributed by atoms with Gasteiger partial charge in [0.15, 0.2) is 11.5 Å². The minimum Gasteiger partial charge on any atom is -0.493 e. The molecule has 8 nitrogen and oxygen atoms in total. The Morgan fingerprint density at radius 2 is 1.97 bits per heavy atom. The normalized spacial score (nSPS) is 10.7. The van der Waals surface area contributed by atoms with Crippen LogP contribution in [0.25, 0.3) is 11.0 Å². The molecule has 3 rings (SSSR count). The van der Waals surface area contributed by atoms with E-state index in [1.54, 1.807) is 31.4 Å². The summed E-state index contributed by atoms with van der Waals surface area (Å²) in [6.45, 7) is 2.15. The summed E-state index contributed by atoms with van der Waals surface area (Å²) in [5.41, 5.74) is 6.18. The molecule has 29 heavy (non-hydrogen) atoms. The number of hydrogen-bond acceptors (Lipinski definition) is 7. The molecule has 1 amide bonds. The number of fused-ring (bicyclic) bond motifs is 1. The maximum absolute atomic E-state index is 11.2. The van der Waals surface area contributed by atoms with E-state index in [2.05, 4.69) is 20.5 Å². The number of carbonyl (C=O) groups excluding carboxylic acids is 1. The fraction of sp³-hybridized carbons (Fsp3) is 0.190. The first kappa shape index (κ1) is 19.8. The van der Waals surface area contributed by atoms with Crippen molar-refractivity contribution < 1.29 is 14.3 Å². The third-order valence-corrected chi connectivity index (χ3v) is 4.04. The van der Waals surface area contributed by atoms with Crippen LogP contribution in [0.5, 0.6) is 11.5 Å². The molecule has 0 unspecified atom stereocenters. The molecule has 1 aromatic heterocycles. The molecular weight excluding hydrogens is 370 g/mol. The molecule has 0 saturated heterocycles. The van der Waals surface area contributed by atoms with E-state index in [0.717, 1.165) is 22.4 Å². The molecule has 2 aromatic carbocycles. The number of aryl methyl sites for hydroxylation is 1.